The maximum atomic E-state index is 11.3. The molecule has 2 amide bonds. The van der Waals surface area contributed by atoms with Crippen molar-refractivity contribution in [3.63, 3.8) is 0 Å². The molecule has 0 spiro atoms. The molecule has 2 aromatic carbocycles. The van der Waals surface area contributed by atoms with Crippen LogP contribution in [-0.4, -0.2) is 11.7 Å². The number of hydrazone groups is 1. The van der Waals surface area contributed by atoms with Crippen molar-refractivity contribution in [1.82, 2.24) is 5.43 Å². The molecule has 26 heavy (non-hydrogen) atoms. The predicted octanol–water partition coefficient (Wildman–Crippen LogP) is 2.49. The lowest BCUT2D eigenvalue weighted by Crippen LogP contribution is -2.92. The molecule has 1 saturated carbocycles. The van der Waals surface area contributed by atoms with Crippen molar-refractivity contribution in [3.8, 4) is 0 Å². The number of urea groups is 1. The first kappa shape index (κ1) is 16.8. The molecule has 4 atom stereocenters. The quantitative estimate of drug-likeness (QED) is 0.731. The summed E-state index contributed by atoms with van der Waals surface area (Å²) in [5.41, 5.74) is 11.5. The third kappa shape index (κ3) is 3.22. The first-order valence-electron chi connectivity index (χ1n) is 9.32. The van der Waals surface area contributed by atoms with Gasteiger partial charge in [0.1, 0.15) is 12.1 Å². The van der Waals surface area contributed by atoms with Gasteiger partial charge >= 0.3 is 6.03 Å². The Kier molecular flexibility index (Phi) is 4.71. The molecule has 0 aromatic heterocycles. The standard InChI is InChI=1S/C21H24N4O/c22-21(26)25-24-20-16-12-7-13-17(20)19(15-10-5-2-6-11-15)23-18(16)14-8-3-1-4-9-14/h1-6,8-11,16-19,23H,7,12-13H2,(H3,22,25,26)/p+1/t16-,17-,18-,19+/m1/s1. The average molecular weight is 349 g/mol. The van der Waals surface area contributed by atoms with Crippen LogP contribution >= 0.6 is 0 Å². The van der Waals surface area contributed by atoms with Crippen LogP contribution in [0.25, 0.3) is 0 Å². The largest absolute Gasteiger partial charge is 0.350 e. The fraction of sp³-hybridized carbons (Fsp3) is 0.333. The Morgan fingerprint density at radius 1 is 0.923 bits per heavy atom. The highest BCUT2D eigenvalue weighted by molar-refractivity contribution is 5.92. The van der Waals surface area contributed by atoms with Gasteiger partial charge in [0.15, 0.2) is 0 Å². The zero-order chi connectivity index (χ0) is 17.9. The number of nitrogens with one attached hydrogen (secondary N) is 1. The summed E-state index contributed by atoms with van der Waals surface area (Å²) in [5, 5.41) is 6.99. The second kappa shape index (κ2) is 7.30. The Labute approximate surface area is 153 Å². The van der Waals surface area contributed by atoms with Crippen LogP contribution < -0.4 is 16.5 Å². The molecule has 2 aromatic rings. The van der Waals surface area contributed by atoms with Gasteiger partial charge in [0.2, 0.25) is 0 Å². The van der Waals surface area contributed by atoms with E-state index in [-0.39, 0.29) is 0 Å². The number of piperidine rings is 1. The number of nitrogens with two attached hydrogens (primary N) is 2. The molecule has 1 aliphatic carbocycles. The summed E-state index contributed by atoms with van der Waals surface area (Å²) in [6.07, 6.45) is 3.37. The van der Waals surface area contributed by atoms with E-state index < -0.39 is 6.03 Å². The summed E-state index contributed by atoms with van der Waals surface area (Å²) >= 11 is 0. The van der Waals surface area contributed by atoms with Gasteiger partial charge in [0.25, 0.3) is 0 Å². The highest BCUT2D eigenvalue weighted by Crippen LogP contribution is 2.42. The molecule has 2 bridgehead atoms. The molecule has 4 rings (SSSR count). The molecule has 1 aliphatic heterocycles. The molecule has 2 aliphatic rings. The average Bonchev–Trinajstić information content (AvgIpc) is 2.68. The van der Waals surface area contributed by atoms with E-state index in [0.29, 0.717) is 23.9 Å². The minimum atomic E-state index is -0.599. The Hall–Kier alpha value is -2.66. The number of nitrogens with zero attached hydrogens (tertiary/aromatic N) is 1. The van der Waals surface area contributed by atoms with E-state index in [2.05, 4.69) is 64.4 Å². The molecular formula is C21H25N4O+. The van der Waals surface area contributed by atoms with E-state index in [1.54, 1.807) is 0 Å². The number of rotatable bonds is 3. The lowest BCUT2D eigenvalue weighted by atomic mass is 9.67. The van der Waals surface area contributed by atoms with Crippen molar-refractivity contribution in [2.45, 2.75) is 31.3 Å². The summed E-state index contributed by atoms with van der Waals surface area (Å²) in [5.74, 6) is 0.644. The summed E-state index contributed by atoms with van der Waals surface area (Å²) in [4.78, 5) is 11.3. The van der Waals surface area contributed by atoms with Gasteiger partial charge in [0.05, 0.1) is 17.5 Å². The van der Waals surface area contributed by atoms with Crippen LogP contribution in [0.3, 0.4) is 0 Å². The van der Waals surface area contributed by atoms with Crippen LogP contribution in [0.2, 0.25) is 0 Å². The van der Waals surface area contributed by atoms with E-state index in [9.17, 15) is 4.79 Å². The van der Waals surface area contributed by atoms with Gasteiger partial charge in [-0.15, -0.1) is 0 Å². The Morgan fingerprint density at radius 3 is 1.88 bits per heavy atom. The minimum absolute atomic E-state index is 0.298. The SMILES string of the molecule is NC(=O)NN=C1[C@@H]2CCC[C@@H]1[C@H](c1ccccc1)[NH2+][C@@H]2c1ccccc1. The van der Waals surface area contributed by atoms with E-state index in [1.807, 2.05) is 12.1 Å². The van der Waals surface area contributed by atoms with Gasteiger partial charge in [0, 0.05) is 11.1 Å². The lowest BCUT2D eigenvalue weighted by molar-refractivity contribution is -0.749. The maximum absolute atomic E-state index is 11.3. The fourth-order valence-electron chi connectivity index (χ4n) is 4.67. The summed E-state index contributed by atoms with van der Waals surface area (Å²) in [6.45, 7) is 0. The number of fused-ring (bicyclic) bond motifs is 2. The van der Waals surface area contributed by atoms with Gasteiger partial charge in [-0.2, -0.15) is 5.10 Å². The molecule has 5 nitrogen and oxygen atoms in total. The molecule has 0 unspecified atom stereocenters. The number of carbonyl (C=O) groups is 1. The molecular weight excluding hydrogens is 324 g/mol. The van der Waals surface area contributed by atoms with Gasteiger partial charge in [-0.3, -0.25) is 0 Å². The Bertz CT molecular complexity index is 735. The molecule has 134 valence electrons. The van der Waals surface area contributed by atoms with E-state index in [0.717, 1.165) is 18.6 Å². The van der Waals surface area contributed by atoms with Crippen molar-refractivity contribution in [2.24, 2.45) is 22.7 Å². The zero-order valence-corrected chi connectivity index (χ0v) is 14.7. The molecule has 1 saturated heterocycles. The summed E-state index contributed by atoms with van der Waals surface area (Å²) in [6, 6.07) is 21.2. The van der Waals surface area contributed by atoms with Crippen molar-refractivity contribution in [2.75, 3.05) is 0 Å². The molecule has 2 fully saturated rings. The second-order valence-corrected chi connectivity index (χ2v) is 7.22. The third-order valence-corrected chi connectivity index (χ3v) is 5.74. The predicted molar refractivity (Wildman–Crippen MR) is 101 cm³/mol. The van der Waals surface area contributed by atoms with Crippen molar-refractivity contribution >= 4 is 11.7 Å². The van der Waals surface area contributed by atoms with Gasteiger partial charge in [-0.25, -0.2) is 10.2 Å². The number of amides is 2. The fourth-order valence-corrected chi connectivity index (χ4v) is 4.67. The molecule has 0 radical (unpaired) electrons. The monoisotopic (exact) mass is 349 g/mol. The smallest absolute Gasteiger partial charge is 0.332 e. The number of hydrogen-bond donors (Lipinski definition) is 3. The van der Waals surface area contributed by atoms with Crippen LogP contribution in [0.1, 0.15) is 42.5 Å². The van der Waals surface area contributed by atoms with E-state index in [4.69, 9.17) is 5.73 Å². The number of hydrogen-bond acceptors (Lipinski definition) is 2. The molecule has 1 heterocycles. The normalized spacial score (nSPS) is 29.3. The first-order chi connectivity index (χ1) is 12.7. The topological polar surface area (TPSA) is 84.1 Å². The van der Waals surface area contributed by atoms with Crippen molar-refractivity contribution in [1.29, 1.82) is 0 Å². The lowest BCUT2D eigenvalue weighted by Gasteiger charge is -2.44. The minimum Gasteiger partial charge on any atom is -0.350 e. The second-order valence-electron chi connectivity index (χ2n) is 7.22. The summed E-state index contributed by atoms with van der Waals surface area (Å²) in [7, 11) is 0. The first-order valence-corrected chi connectivity index (χ1v) is 9.32. The Balaban J connectivity index is 1.76. The third-order valence-electron chi connectivity index (χ3n) is 5.74. The van der Waals surface area contributed by atoms with Crippen molar-refractivity contribution < 1.29 is 10.1 Å². The number of quaternary nitrogens is 1. The van der Waals surface area contributed by atoms with Crippen LogP contribution in [0.4, 0.5) is 4.79 Å². The highest BCUT2D eigenvalue weighted by Gasteiger charge is 2.48. The van der Waals surface area contributed by atoms with Crippen molar-refractivity contribution in [3.05, 3.63) is 71.8 Å². The van der Waals surface area contributed by atoms with Gasteiger partial charge in [-0.1, -0.05) is 67.1 Å². The maximum Gasteiger partial charge on any atom is 0.332 e. The zero-order valence-electron chi connectivity index (χ0n) is 14.7. The summed E-state index contributed by atoms with van der Waals surface area (Å²) < 4.78 is 0. The highest BCUT2D eigenvalue weighted by atomic mass is 16.2. The number of primary amides is 1. The number of carbonyl (C=O) groups excluding carboxylic acids is 1. The van der Waals surface area contributed by atoms with Gasteiger partial charge in [-0.05, 0) is 12.8 Å². The van der Waals surface area contributed by atoms with Crippen LogP contribution in [0, 0.1) is 11.8 Å². The van der Waals surface area contributed by atoms with Gasteiger partial charge < -0.3 is 11.1 Å². The van der Waals surface area contributed by atoms with Crippen LogP contribution in [0.5, 0.6) is 0 Å². The van der Waals surface area contributed by atoms with Crippen LogP contribution in [0.15, 0.2) is 65.8 Å². The molecule has 5 heteroatoms. The van der Waals surface area contributed by atoms with Crippen LogP contribution in [-0.2, 0) is 0 Å². The van der Waals surface area contributed by atoms with E-state index in [1.165, 1.54) is 17.5 Å². The molecule has 5 N–H and O–H groups in total. The number of benzene rings is 2. The van der Waals surface area contributed by atoms with E-state index >= 15 is 0 Å². The Morgan fingerprint density at radius 2 is 1.42 bits per heavy atom.